The van der Waals surface area contributed by atoms with Gasteiger partial charge in [-0.3, -0.25) is 0 Å². The second kappa shape index (κ2) is 10.9. The molecular formula is C24H34O7. The van der Waals surface area contributed by atoms with Crippen LogP contribution in [-0.4, -0.2) is 37.8 Å². The van der Waals surface area contributed by atoms with Gasteiger partial charge in [-0.2, -0.15) is 0 Å². The predicted molar refractivity (Wildman–Crippen MR) is 118 cm³/mol. The molecule has 0 bridgehead atoms. The number of aromatic hydroxyl groups is 1. The summed E-state index contributed by atoms with van der Waals surface area (Å²) in [7, 11) is 0. The Labute approximate surface area is 183 Å². The average Bonchev–Trinajstić information content (AvgIpc) is 3.29. The van der Waals surface area contributed by atoms with Crippen LogP contribution < -0.4 is 15.1 Å². The summed E-state index contributed by atoms with van der Waals surface area (Å²) in [6.45, 7) is 7.90. The molecule has 1 saturated heterocycles. The molecule has 1 fully saturated rings. The molecule has 2 heterocycles. The van der Waals surface area contributed by atoms with Crippen LogP contribution in [0.15, 0.2) is 27.4 Å². The van der Waals surface area contributed by atoms with Gasteiger partial charge in [0, 0.05) is 11.5 Å². The van der Waals surface area contributed by atoms with Crippen molar-refractivity contribution >= 4 is 11.0 Å². The van der Waals surface area contributed by atoms with Gasteiger partial charge in [-0.15, -0.1) is 0 Å². The number of hydrogen-bond acceptors (Lipinski definition) is 7. The van der Waals surface area contributed by atoms with Crippen LogP contribution in [0.4, 0.5) is 0 Å². The molecule has 0 amide bonds. The zero-order valence-corrected chi connectivity index (χ0v) is 18.8. The molecule has 0 spiro atoms. The Kier molecular flexibility index (Phi) is 8.21. The third kappa shape index (κ3) is 6.14. The smallest absolute Gasteiger partial charge is 0.383 e. The van der Waals surface area contributed by atoms with Gasteiger partial charge >= 0.3 is 5.63 Å². The Hall–Kier alpha value is -2.25. The second-order valence-corrected chi connectivity index (χ2v) is 8.76. The first kappa shape index (κ1) is 23.4. The molecule has 1 N–H and O–H groups in total. The van der Waals surface area contributed by atoms with Crippen molar-refractivity contribution in [3.8, 4) is 17.2 Å². The molecule has 1 atom stereocenters. The molecule has 7 nitrogen and oxygen atoms in total. The van der Waals surface area contributed by atoms with E-state index in [1.807, 2.05) is 13.8 Å². The van der Waals surface area contributed by atoms with Crippen LogP contribution in [-0.2, 0) is 9.47 Å². The number of fused-ring (bicyclic) bond motifs is 1. The molecule has 3 rings (SSSR count). The first-order chi connectivity index (χ1) is 14.9. The Balaban J connectivity index is 1.61. The Morgan fingerprint density at radius 3 is 2.65 bits per heavy atom. The maximum atomic E-state index is 12.3. The minimum atomic E-state index is -0.690. The van der Waals surface area contributed by atoms with E-state index in [-0.39, 0.29) is 28.6 Å². The number of hydrogen-bond donors (Lipinski definition) is 1. The summed E-state index contributed by atoms with van der Waals surface area (Å²) in [6, 6.07) is 5.01. The van der Waals surface area contributed by atoms with Gasteiger partial charge in [-0.25, -0.2) is 4.79 Å². The van der Waals surface area contributed by atoms with E-state index in [1.165, 1.54) is 19.3 Å². The lowest BCUT2D eigenvalue weighted by molar-refractivity contribution is -0.0140. The first-order valence-electron chi connectivity index (χ1n) is 11.2. The van der Waals surface area contributed by atoms with Crippen LogP contribution in [0.1, 0.15) is 59.3 Å². The lowest BCUT2D eigenvalue weighted by atomic mass is 9.88. The van der Waals surface area contributed by atoms with Gasteiger partial charge in [0.15, 0.2) is 5.75 Å². The van der Waals surface area contributed by atoms with Crippen LogP contribution in [0.25, 0.3) is 11.0 Å². The van der Waals surface area contributed by atoms with Crippen molar-refractivity contribution < 1.29 is 28.5 Å². The zero-order chi connectivity index (χ0) is 22.3. The topological polar surface area (TPSA) is 87.4 Å². The summed E-state index contributed by atoms with van der Waals surface area (Å²) in [4.78, 5) is 12.3. The normalized spacial score (nSPS) is 16.7. The fraction of sp³-hybridized carbons (Fsp3) is 0.625. The van der Waals surface area contributed by atoms with Crippen LogP contribution in [0.2, 0.25) is 0 Å². The second-order valence-electron chi connectivity index (χ2n) is 8.76. The minimum Gasteiger partial charge on any atom is -0.504 e. The first-order valence-corrected chi connectivity index (χ1v) is 11.2. The van der Waals surface area contributed by atoms with Crippen LogP contribution >= 0.6 is 0 Å². The Morgan fingerprint density at radius 1 is 1.13 bits per heavy atom. The molecule has 1 unspecified atom stereocenters. The van der Waals surface area contributed by atoms with Gasteiger partial charge in [0.2, 0.25) is 5.75 Å². The molecule has 2 aromatic rings. The average molecular weight is 435 g/mol. The highest BCUT2D eigenvalue weighted by atomic mass is 16.7. The molecule has 1 aliphatic rings. The van der Waals surface area contributed by atoms with E-state index in [2.05, 4.69) is 6.92 Å². The Bertz CT molecular complexity index is 897. The van der Waals surface area contributed by atoms with E-state index in [0.29, 0.717) is 37.7 Å². The van der Waals surface area contributed by atoms with Gasteiger partial charge < -0.3 is 28.5 Å². The highest BCUT2D eigenvalue weighted by Gasteiger charge is 2.34. The minimum absolute atomic E-state index is 0.0405. The van der Waals surface area contributed by atoms with E-state index >= 15 is 0 Å². The largest absolute Gasteiger partial charge is 0.504 e. The molecule has 172 valence electrons. The van der Waals surface area contributed by atoms with Crippen LogP contribution in [0.5, 0.6) is 17.2 Å². The van der Waals surface area contributed by atoms with E-state index in [0.717, 1.165) is 19.3 Å². The summed E-state index contributed by atoms with van der Waals surface area (Å²) >= 11 is 0. The summed E-state index contributed by atoms with van der Waals surface area (Å²) in [5.41, 5.74) is -0.682. The fourth-order valence-electron chi connectivity index (χ4n) is 3.57. The standard InChI is InChI=1S/C24H34O7/c1-4-5-6-7-8-9-12-28-22-21(25)18-11-10-17(13-19(18)31-23(22)26)29-15-24(2,3)20-14-27-16-30-20/h10-11,13,20,25H,4-9,12,14-16H2,1-3H3. The molecule has 0 saturated carbocycles. The molecule has 7 heteroatoms. The third-order valence-electron chi connectivity index (χ3n) is 5.66. The maximum Gasteiger partial charge on any atom is 0.383 e. The van der Waals surface area contributed by atoms with E-state index in [9.17, 15) is 9.90 Å². The van der Waals surface area contributed by atoms with Crippen molar-refractivity contribution in [1.82, 2.24) is 0 Å². The molecule has 0 aliphatic carbocycles. The summed E-state index contributed by atoms with van der Waals surface area (Å²) in [5.74, 6) is 0.220. The molecule has 1 aliphatic heterocycles. The SMILES string of the molecule is CCCCCCCCOc1c(O)c2ccc(OCC(C)(C)C3COCO3)cc2oc1=O. The molecule has 1 aromatic carbocycles. The quantitative estimate of drug-likeness (QED) is 0.371. The third-order valence-corrected chi connectivity index (χ3v) is 5.66. The summed E-state index contributed by atoms with van der Waals surface area (Å²) in [5, 5.41) is 11.0. The summed E-state index contributed by atoms with van der Waals surface area (Å²) < 4.78 is 27.7. The van der Waals surface area contributed by atoms with Gasteiger partial charge in [0.05, 0.1) is 31.3 Å². The molecule has 1 aromatic heterocycles. The number of benzene rings is 1. The van der Waals surface area contributed by atoms with E-state index < -0.39 is 5.63 Å². The number of unbranched alkanes of at least 4 members (excludes halogenated alkanes) is 5. The Morgan fingerprint density at radius 2 is 1.90 bits per heavy atom. The molecule has 31 heavy (non-hydrogen) atoms. The fourth-order valence-corrected chi connectivity index (χ4v) is 3.57. The lowest BCUT2D eigenvalue weighted by Crippen LogP contribution is -2.36. The predicted octanol–water partition coefficient (Wildman–Crippen LogP) is 5.02. The van der Waals surface area contributed by atoms with Crippen molar-refractivity contribution in [3.05, 3.63) is 28.6 Å². The van der Waals surface area contributed by atoms with Gasteiger partial charge in [-0.1, -0.05) is 52.9 Å². The molecule has 0 radical (unpaired) electrons. The maximum absolute atomic E-state index is 12.3. The highest BCUT2D eigenvalue weighted by Crippen LogP contribution is 2.34. The monoisotopic (exact) mass is 434 g/mol. The van der Waals surface area contributed by atoms with E-state index in [1.54, 1.807) is 18.2 Å². The van der Waals surface area contributed by atoms with E-state index in [4.69, 9.17) is 23.4 Å². The van der Waals surface area contributed by atoms with Crippen molar-refractivity contribution in [1.29, 1.82) is 0 Å². The summed E-state index contributed by atoms with van der Waals surface area (Å²) in [6.07, 6.45) is 6.63. The molecular weight excluding hydrogens is 400 g/mol. The van der Waals surface area contributed by atoms with Crippen molar-refractivity contribution in [2.24, 2.45) is 5.41 Å². The zero-order valence-electron chi connectivity index (χ0n) is 18.8. The van der Waals surface area contributed by atoms with Crippen molar-refractivity contribution in [2.45, 2.75) is 65.4 Å². The van der Waals surface area contributed by atoms with Crippen molar-refractivity contribution in [3.63, 3.8) is 0 Å². The van der Waals surface area contributed by atoms with Gasteiger partial charge in [0.1, 0.15) is 18.1 Å². The number of rotatable bonds is 12. The highest BCUT2D eigenvalue weighted by molar-refractivity contribution is 5.86. The van der Waals surface area contributed by atoms with Crippen LogP contribution in [0, 0.1) is 5.41 Å². The lowest BCUT2D eigenvalue weighted by Gasteiger charge is -2.29. The van der Waals surface area contributed by atoms with Crippen molar-refractivity contribution in [2.75, 3.05) is 26.6 Å². The van der Waals surface area contributed by atoms with Gasteiger partial charge in [-0.05, 0) is 18.6 Å². The van der Waals surface area contributed by atoms with Gasteiger partial charge in [0.25, 0.3) is 0 Å². The number of ether oxygens (including phenoxy) is 4. The van der Waals surface area contributed by atoms with Crippen LogP contribution in [0.3, 0.4) is 0 Å².